The average molecular weight is 432 g/mol. The van der Waals surface area contributed by atoms with Crippen LogP contribution in [-0.2, 0) is 11.3 Å². The molecule has 4 rings (SSSR count). The molecule has 2 aliphatic heterocycles. The van der Waals surface area contributed by atoms with Gasteiger partial charge < -0.3 is 15.2 Å². The molecule has 1 atom stereocenters. The van der Waals surface area contributed by atoms with Gasteiger partial charge in [-0.1, -0.05) is 11.2 Å². The van der Waals surface area contributed by atoms with Crippen LogP contribution in [0.1, 0.15) is 53.4 Å². The van der Waals surface area contributed by atoms with Crippen LogP contribution in [0.5, 0.6) is 0 Å². The fourth-order valence-corrected chi connectivity index (χ4v) is 4.41. The molecule has 0 bridgehead atoms. The summed E-state index contributed by atoms with van der Waals surface area (Å²) in [6.07, 6.45) is 3.09. The first kappa shape index (κ1) is 21.4. The molecule has 7 nitrogen and oxygen atoms in total. The lowest BCUT2D eigenvalue weighted by Gasteiger charge is -2.31. The molecule has 0 radical (unpaired) electrons. The van der Waals surface area contributed by atoms with Gasteiger partial charge in [0, 0.05) is 31.6 Å². The minimum absolute atomic E-state index is 0.172. The van der Waals surface area contributed by atoms with Gasteiger partial charge in [0.15, 0.2) is 11.6 Å². The summed E-state index contributed by atoms with van der Waals surface area (Å²) in [6, 6.07) is 5.69. The Labute approximate surface area is 179 Å². The Hall–Kier alpha value is -2.81. The number of aromatic nitrogens is 1. The minimum Gasteiger partial charge on any atom is -0.369 e. The van der Waals surface area contributed by atoms with Crippen LogP contribution in [0, 0.1) is 17.6 Å². The van der Waals surface area contributed by atoms with Crippen molar-refractivity contribution in [3.05, 3.63) is 52.9 Å². The number of carbonyl (C=O) groups is 2. The molecule has 9 heteroatoms. The molecule has 1 aromatic carbocycles. The molecule has 166 valence electrons. The third kappa shape index (κ3) is 4.92. The summed E-state index contributed by atoms with van der Waals surface area (Å²) >= 11 is 0. The number of likely N-dealkylation sites (tertiary alicyclic amines) is 2. The van der Waals surface area contributed by atoms with E-state index in [0.29, 0.717) is 26.1 Å². The number of halogens is 2. The van der Waals surface area contributed by atoms with Crippen LogP contribution in [0.3, 0.4) is 0 Å². The fraction of sp³-hybridized carbons (Fsp3) is 0.500. The maximum atomic E-state index is 13.4. The van der Waals surface area contributed by atoms with Crippen molar-refractivity contribution in [1.82, 2.24) is 15.0 Å². The van der Waals surface area contributed by atoms with E-state index >= 15 is 0 Å². The van der Waals surface area contributed by atoms with Crippen molar-refractivity contribution >= 4 is 11.8 Å². The summed E-state index contributed by atoms with van der Waals surface area (Å²) in [7, 11) is 0. The molecule has 0 unspecified atom stereocenters. The van der Waals surface area contributed by atoms with Gasteiger partial charge in [0.05, 0.1) is 11.6 Å². The van der Waals surface area contributed by atoms with Gasteiger partial charge in [0.25, 0.3) is 5.91 Å². The molecule has 31 heavy (non-hydrogen) atoms. The van der Waals surface area contributed by atoms with Gasteiger partial charge in [-0.2, -0.15) is 0 Å². The molecule has 2 saturated heterocycles. The monoisotopic (exact) mass is 432 g/mol. The van der Waals surface area contributed by atoms with Crippen LogP contribution in [0.2, 0.25) is 0 Å². The zero-order valence-electron chi connectivity index (χ0n) is 17.2. The second-order valence-electron chi connectivity index (χ2n) is 8.41. The van der Waals surface area contributed by atoms with Crippen molar-refractivity contribution in [2.24, 2.45) is 11.7 Å². The lowest BCUT2D eigenvalue weighted by atomic mass is 9.93. The van der Waals surface area contributed by atoms with Crippen LogP contribution >= 0.6 is 0 Å². The minimum atomic E-state index is -0.839. The van der Waals surface area contributed by atoms with Crippen LogP contribution in [0.15, 0.2) is 28.8 Å². The van der Waals surface area contributed by atoms with E-state index in [2.05, 4.69) is 10.1 Å². The smallest absolute Gasteiger partial charge is 0.292 e. The summed E-state index contributed by atoms with van der Waals surface area (Å²) in [5.74, 6) is -2.28. The van der Waals surface area contributed by atoms with Gasteiger partial charge in [0.1, 0.15) is 0 Å². The lowest BCUT2D eigenvalue weighted by Crippen LogP contribution is -2.44. The Balaban J connectivity index is 1.32. The largest absolute Gasteiger partial charge is 0.369 e. The average Bonchev–Trinajstić information content (AvgIpc) is 3.26. The number of primary amides is 1. The first-order valence-corrected chi connectivity index (χ1v) is 10.6. The zero-order chi connectivity index (χ0) is 22.0. The Morgan fingerprint density at radius 1 is 1.10 bits per heavy atom. The zero-order valence-corrected chi connectivity index (χ0v) is 17.2. The number of hydrogen-bond donors (Lipinski definition) is 1. The number of benzene rings is 1. The molecular weight excluding hydrogens is 406 g/mol. The molecule has 1 aromatic heterocycles. The van der Waals surface area contributed by atoms with Gasteiger partial charge >= 0.3 is 0 Å². The number of piperidine rings is 2. The van der Waals surface area contributed by atoms with E-state index in [1.807, 2.05) is 0 Å². The van der Waals surface area contributed by atoms with Crippen molar-refractivity contribution in [2.75, 3.05) is 26.2 Å². The van der Waals surface area contributed by atoms with E-state index in [1.54, 1.807) is 17.0 Å². The van der Waals surface area contributed by atoms with Gasteiger partial charge in [-0.3, -0.25) is 14.5 Å². The van der Waals surface area contributed by atoms with Crippen molar-refractivity contribution in [3.8, 4) is 0 Å². The van der Waals surface area contributed by atoms with Crippen LogP contribution in [0.25, 0.3) is 0 Å². The van der Waals surface area contributed by atoms with Crippen molar-refractivity contribution in [2.45, 2.75) is 38.1 Å². The molecule has 2 amide bonds. The van der Waals surface area contributed by atoms with Crippen molar-refractivity contribution in [3.63, 3.8) is 0 Å². The normalized spacial score (nSPS) is 20.7. The summed E-state index contributed by atoms with van der Waals surface area (Å²) < 4.78 is 31.8. The topological polar surface area (TPSA) is 92.7 Å². The van der Waals surface area contributed by atoms with Crippen LogP contribution in [-0.4, -0.2) is 52.9 Å². The van der Waals surface area contributed by atoms with E-state index in [9.17, 15) is 18.4 Å². The van der Waals surface area contributed by atoms with Crippen LogP contribution < -0.4 is 5.73 Å². The highest BCUT2D eigenvalue weighted by atomic mass is 19.2. The molecule has 2 aromatic rings. The predicted molar refractivity (Wildman–Crippen MR) is 108 cm³/mol. The second-order valence-corrected chi connectivity index (χ2v) is 8.41. The highest BCUT2D eigenvalue weighted by Gasteiger charge is 2.31. The first-order valence-electron chi connectivity index (χ1n) is 10.6. The van der Waals surface area contributed by atoms with E-state index in [4.69, 9.17) is 10.3 Å². The van der Waals surface area contributed by atoms with E-state index in [0.717, 1.165) is 49.7 Å². The van der Waals surface area contributed by atoms with E-state index in [1.165, 1.54) is 6.07 Å². The molecule has 0 saturated carbocycles. The lowest BCUT2D eigenvalue weighted by molar-refractivity contribution is -0.123. The number of nitrogens with zero attached hydrogens (tertiary/aromatic N) is 3. The molecule has 2 aliphatic rings. The summed E-state index contributed by atoms with van der Waals surface area (Å²) in [5, 5.41) is 4.12. The Morgan fingerprint density at radius 2 is 1.87 bits per heavy atom. The van der Waals surface area contributed by atoms with E-state index in [-0.39, 0.29) is 29.4 Å². The van der Waals surface area contributed by atoms with Gasteiger partial charge in [-0.25, -0.2) is 8.78 Å². The second kappa shape index (κ2) is 9.13. The first-order chi connectivity index (χ1) is 14.9. The van der Waals surface area contributed by atoms with Gasteiger partial charge in [-0.05, 0) is 56.5 Å². The third-order valence-electron chi connectivity index (χ3n) is 6.25. The molecule has 0 spiro atoms. The SMILES string of the molecule is NC(=O)[C@H]1CCCN(C(=O)c2cc(C3CCN(Cc4ccc(F)c(F)c4)CC3)no2)C1. The molecular formula is C22H26F2N4O3. The Bertz CT molecular complexity index is 956. The van der Waals surface area contributed by atoms with Crippen molar-refractivity contribution in [1.29, 1.82) is 0 Å². The fourth-order valence-electron chi connectivity index (χ4n) is 4.41. The van der Waals surface area contributed by atoms with E-state index < -0.39 is 11.6 Å². The standard InChI is InChI=1S/C22H26F2N4O3/c23-17-4-3-14(10-18(17)24)12-27-8-5-15(6-9-27)19-11-20(31-26-19)22(30)28-7-1-2-16(13-28)21(25)29/h3-4,10-11,15-16H,1-2,5-9,12-13H2,(H2,25,29)/t16-/m0/s1. The summed E-state index contributed by atoms with van der Waals surface area (Å²) in [5.41, 5.74) is 6.88. The summed E-state index contributed by atoms with van der Waals surface area (Å²) in [6.45, 7) is 3.01. The van der Waals surface area contributed by atoms with Gasteiger partial charge in [-0.15, -0.1) is 0 Å². The molecule has 2 N–H and O–H groups in total. The highest BCUT2D eigenvalue weighted by Crippen LogP contribution is 2.29. The number of amides is 2. The molecule has 3 heterocycles. The molecule has 2 fully saturated rings. The molecule has 0 aliphatic carbocycles. The van der Waals surface area contributed by atoms with Gasteiger partial charge in [0.2, 0.25) is 11.7 Å². The predicted octanol–water partition coefficient (Wildman–Crippen LogP) is 2.67. The summed E-state index contributed by atoms with van der Waals surface area (Å²) in [4.78, 5) is 28.0. The third-order valence-corrected chi connectivity index (χ3v) is 6.25. The number of carbonyl (C=O) groups excluding carboxylic acids is 2. The Morgan fingerprint density at radius 3 is 2.58 bits per heavy atom. The number of hydrogen-bond acceptors (Lipinski definition) is 5. The number of nitrogens with two attached hydrogens (primary N) is 1. The maximum Gasteiger partial charge on any atom is 0.292 e. The van der Waals surface area contributed by atoms with Crippen LogP contribution in [0.4, 0.5) is 8.78 Å². The van der Waals surface area contributed by atoms with Crippen molar-refractivity contribution < 1.29 is 22.9 Å². The number of rotatable bonds is 5. The Kier molecular flexibility index (Phi) is 6.31. The quantitative estimate of drug-likeness (QED) is 0.784. The maximum absolute atomic E-state index is 13.4. The highest BCUT2D eigenvalue weighted by molar-refractivity contribution is 5.92.